The van der Waals surface area contributed by atoms with Gasteiger partial charge in [0.1, 0.15) is 5.60 Å². The van der Waals surface area contributed by atoms with Crippen LogP contribution in [-0.2, 0) is 10.3 Å². The van der Waals surface area contributed by atoms with Gasteiger partial charge in [-0.15, -0.1) is 0 Å². The van der Waals surface area contributed by atoms with E-state index >= 15 is 0 Å². The first-order valence-corrected chi connectivity index (χ1v) is 12.8. The number of anilines is 1. The highest BCUT2D eigenvalue weighted by Crippen LogP contribution is 2.42. The highest BCUT2D eigenvalue weighted by Gasteiger charge is 2.46. The van der Waals surface area contributed by atoms with Gasteiger partial charge < -0.3 is 24.7 Å². The highest BCUT2D eigenvalue weighted by molar-refractivity contribution is 5.70. The summed E-state index contributed by atoms with van der Waals surface area (Å²) in [6.07, 6.45) is 3.82. The maximum absolute atomic E-state index is 13.3. The summed E-state index contributed by atoms with van der Waals surface area (Å²) in [5.74, 6) is 0.624. The molecule has 1 unspecified atom stereocenters. The van der Waals surface area contributed by atoms with Crippen molar-refractivity contribution in [3.63, 3.8) is 0 Å². The van der Waals surface area contributed by atoms with E-state index in [1.54, 1.807) is 31.1 Å². The number of hydrogen-bond acceptors (Lipinski definition) is 7. The third-order valence-corrected chi connectivity index (χ3v) is 7.27. The average Bonchev–Trinajstić information content (AvgIpc) is 2.86. The minimum absolute atomic E-state index is 0.172. The molecule has 0 saturated carbocycles. The molecule has 3 heterocycles. The second-order valence-electron chi connectivity index (χ2n) is 10.8. The maximum atomic E-state index is 13.3. The molecule has 2 fully saturated rings. The molecule has 0 bridgehead atoms. The standard InChI is InChI=1S/C29H34N4O4/c1-20(21-9-11-22(12-10-21)23-15-30-26(31-16-23)32-17-25(34)18-32)33-14-13-29(37-27(33)35,19-28(2,3)36)24-7-5-4-6-8-24/h4-12,15-16,20,25,34,36H,13-14,17-19H2,1-3H3/t20-,29?/m0/s1. The second-order valence-corrected chi connectivity index (χ2v) is 10.8. The van der Waals surface area contributed by atoms with E-state index in [-0.39, 0.29) is 18.2 Å². The van der Waals surface area contributed by atoms with Gasteiger partial charge in [-0.1, -0.05) is 54.6 Å². The van der Waals surface area contributed by atoms with Crippen LogP contribution >= 0.6 is 0 Å². The van der Waals surface area contributed by atoms with Crippen molar-refractivity contribution < 1.29 is 19.7 Å². The lowest BCUT2D eigenvalue weighted by molar-refractivity contribution is -0.101. The minimum Gasteiger partial charge on any atom is -0.438 e. The molecule has 2 aliphatic heterocycles. The molecule has 2 N–H and O–H groups in total. The molecule has 8 nitrogen and oxygen atoms in total. The summed E-state index contributed by atoms with van der Waals surface area (Å²) in [4.78, 5) is 25.8. The van der Waals surface area contributed by atoms with E-state index in [4.69, 9.17) is 4.74 Å². The van der Waals surface area contributed by atoms with E-state index < -0.39 is 11.2 Å². The van der Waals surface area contributed by atoms with Gasteiger partial charge in [0.25, 0.3) is 0 Å². The molecule has 0 spiro atoms. The summed E-state index contributed by atoms with van der Waals surface area (Å²) in [7, 11) is 0. The number of hydrogen-bond donors (Lipinski definition) is 2. The predicted molar refractivity (Wildman–Crippen MR) is 141 cm³/mol. The first-order chi connectivity index (χ1) is 17.6. The van der Waals surface area contributed by atoms with Crippen LogP contribution < -0.4 is 4.90 Å². The topological polar surface area (TPSA) is 99.0 Å². The Morgan fingerprint density at radius 3 is 2.27 bits per heavy atom. The molecule has 8 heteroatoms. The highest BCUT2D eigenvalue weighted by atomic mass is 16.6. The lowest BCUT2D eigenvalue weighted by Gasteiger charge is -2.45. The summed E-state index contributed by atoms with van der Waals surface area (Å²) in [5.41, 5.74) is 1.94. The van der Waals surface area contributed by atoms with Crippen molar-refractivity contribution in [1.82, 2.24) is 14.9 Å². The first-order valence-electron chi connectivity index (χ1n) is 12.8. The Morgan fingerprint density at radius 2 is 1.70 bits per heavy atom. The van der Waals surface area contributed by atoms with Gasteiger partial charge >= 0.3 is 6.09 Å². The van der Waals surface area contributed by atoms with Gasteiger partial charge in [-0.3, -0.25) is 0 Å². The Bertz CT molecular complexity index is 1220. The largest absolute Gasteiger partial charge is 0.438 e. The number of β-amino-alcohol motifs (C(OH)–C–C–N with tert-alkyl or cyclic N) is 1. The fourth-order valence-electron chi connectivity index (χ4n) is 5.28. The molecular weight excluding hydrogens is 468 g/mol. The maximum Gasteiger partial charge on any atom is 0.411 e. The fourth-order valence-corrected chi connectivity index (χ4v) is 5.28. The molecule has 37 heavy (non-hydrogen) atoms. The number of cyclic esters (lactones) is 1. The van der Waals surface area contributed by atoms with Crippen molar-refractivity contribution in [2.75, 3.05) is 24.5 Å². The zero-order valence-electron chi connectivity index (χ0n) is 21.5. The molecule has 2 aliphatic rings. The van der Waals surface area contributed by atoms with Gasteiger partial charge in [0, 0.05) is 50.4 Å². The number of aliphatic hydroxyl groups excluding tert-OH is 1. The van der Waals surface area contributed by atoms with Gasteiger partial charge in [0.15, 0.2) is 0 Å². The van der Waals surface area contributed by atoms with E-state index in [0.717, 1.165) is 22.3 Å². The number of carbonyl (C=O) groups is 1. The van der Waals surface area contributed by atoms with E-state index in [1.807, 2.05) is 66.4 Å². The number of amides is 1. The summed E-state index contributed by atoms with van der Waals surface area (Å²) < 4.78 is 6.13. The van der Waals surface area contributed by atoms with Crippen molar-refractivity contribution in [3.05, 3.63) is 78.1 Å². The Hall–Kier alpha value is -3.49. The van der Waals surface area contributed by atoms with Crippen molar-refractivity contribution in [3.8, 4) is 11.1 Å². The zero-order chi connectivity index (χ0) is 26.2. The minimum atomic E-state index is -0.988. The van der Waals surface area contributed by atoms with Gasteiger partial charge in [0.2, 0.25) is 5.95 Å². The van der Waals surface area contributed by atoms with Gasteiger partial charge in [-0.25, -0.2) is 14.8 Å². The van der Waals surface area contributed by atoms with Crippen LogP contribution in [0.3, 0.4) is 0 Å². The second kappa shape index (κ2) is 9.76. The number of aliphatic hydroxyl groups is 2. The monoisotopic (exact) mass is 502 g/mol. The van der Waals surface area contributed by atoms with E-state index in [2.05, 4.69) is 9.97 Å². The normalized spacial score (nSPS) is 21.4. The van der Waals surface area contributed by atoms with Crippen LogP contribution in [0.1, 0.15) is 50.8 Å². The fraction of sp³-hybridized carbons (Fsp3) is 0.414. The van der Waals surface area contributed by atoms with Crippen molar-refractivity contribution in [2.24, 2.45) is 0 Å². The predicted octanol–water partition coefficient (Wildman–Crippen LogP) is 4.28. The molecule has 2 atom stereocenters. The SMILES string of the molecule is C[C@@H](c1ccc(-c2cnc(N3CC(O)C3)nc2)cc1)N1CCC(CC(C)(C)O)(c2ccccc2)OC1=O. The lowest BCUT2D eigenvalue weighted by atomic mass is 9.80. The van der Waals surface area contributed by atoms with Crippen LogP contribution in [0, 0.1) is 0 Å². The number of carbonyl (C=O) groups excluding carboxylic acids is 1. The average molecular weight is 503 g/mol. The van der Waals surface area contributed by atoms with E-state index in [0.29, 0.717) is 38.4 Å². The quantitative estimate of drug-likeness (QED) is 0.497. The molecule has 194 valence electrons. The molecule has 3 aromatic rings. The Labute approximate surface area is 217 Å². The number of rotatable bonds is 7. The van der Waals surface area contributed by atoms with Crippen LogP contribution in [-0.4, -0.2) is 62.5 Å². The molecule has 0 radical (unpaired) electrons. The molecule has 2 aromatic carbocycles. The number of benzene rings is 2. The number of aromatic nitrogens is 2. The van der Waals surface area contributed by atoms with Crippen LogP contribution in [0.25, 0.3) is 11.1 Å². The van der Waals surface area contributed by atoms with Crippen LogP contribution in [0.2, 0.25) is 0 Å². The van der Waals surface area contributed by atoms with Gasteiger partial charge in [0.05, 0.1) is 17.7 Å². The van der Waals surface area contributed by atoms with Crippen molar-refractivity contribution >= 4 is 12.0 Å². The molecule has 5 rings (SSSR count). The Balaban J connectivity index is 1.28. The van der Waals surface area contributed by atoms with Crippen LogP contribution in [0.4, 0.5) is 10.7 Å². The lowest BCUT2D eigenvalue weighted by Crippen LogP contribution is -2.51. The van der Waals surface area contributed by atoms with Crippen LogP contribution in [0.15, 0.2) is 67.0 Å². The first kappa shape index (κ1) is 25.2. The summed E-state index contributed by atoms with van der Waals surface area (Å²) >= 11 is 0. The third kappa shape index (κ3) is 5.31. The number of nitrogens with zero attached hydrogens (tertiary/aromatic N) is 4. The van der Waals surface area contributed by atoms with Crippen molar-refractivity contribution in [1.29, 1.82) is 0 Å². The summed E-state index contributed by atoms with van der Waals surface area (Å²) in [6, 6.07) is 17.6. The van der Waals surface area contributed by atoms with E-state index in [1.165, 1.54) is 0 Å². The molecule has 2 saturated heterocycles. The third-order valence-electron chi connectivity index (χ3n) is 7.27. The zero-order valence-corrected chi connectivity index (χ0v) is 21.5. The van der Waals surface area contributed by atoms with Crippen molar-refractivity contribution in [2.45, 2.75) is 57.0 Å². The Kier molecular flexibility index (Phi) is 6.64. The molecule has 1 amide bonds. The van der Waals surface area contributed by atoms with Gasteiger partial charge in [-0.2, -0.15) is 0 Å². The van der Waals surface area contributed by atoms with E-state index in [9.17, 15) is 15.0 Å². The molecule has 0 aliphatic carbocycles. The summed E-state index contributed by atoms with van der Waals surface area (Å²) in [5, 5.41) is 20.1. The van der Waals surface area contributed by atoms with Gasteiger partial charge in [-0.05, 0) is 37.5 Å². The van der Waals surface area contributed by atoms with Crippen LogP contribution in [0.5, 0.6) is 0 Å². The number of ether oxygens (including phenoxy) is 1. The molecule has 1 aromatic heterocycles. The molecular formula is C29H34N4O4. The smallest absolute Gasteiger partial charge is 0.411 e. The summed E-state index contributed by atoms with van der Waals surface area (Å²) in [6.45, 7) is 7.14. The Morgan fingerprint density at radius 1 is 1.05 bits per heavy atom.